The molecule has 0 spiro atoms. The molecule has 0 aliphatic carbocycles. The van der Waals surface area contributed by atoms with Crippen molar-refractivity contribution in [2.45, 2.75) is 6.42 Å². The molecule has 8 heteroatoms. The van der Waals surface area contributed by atoms with Crippen LogP contribution in [0.5, 0.6) is 0 Å². The van der Waals surface area contributed by atoms with Crippen LogP contribution in [0, 0.1) is 0 Å². The van der Waals surface area contributed by atoms with Crippen LogP contribution in [-0.4, -0.2) is 49.3 Å². The van der Waals surface area contributed by atoms with Gasteiger partial charge in [-0.1, -0.05) is 0 Å². The Hall–Kier alpha value is -2.74. The number of ether oxygens (including phenoxy) is 1. The molecule has 8 nitrogen and oxygen atoms in total. The number of nitrogens with zero attached hydrogens (tertiary/aromatic N) is 1. The standard InChI is InChI=1S/C14H17N3O5/c1-22-14(21)10-3-5-11(6-4-10)16-12(19)13(20)17(9-18)8-2-7-15/h3-6,9H,2,7-8,15H2,1H3,(H,16,19). The first kappa shape index (κ1) is 17.3. The maximum absolute atomic E-state index is 11.8. The van der Waals surface area contributed by atoms with Crippen molar-refractivity contribution in [3.05, 3.63) is 29.8 Å². The van der Waals surface area contributed by atoms with E-state index in [1.54, 1.807) is 0 Å². The van der Waals surface area contributed by atoms with Gasteiger partial charge < -0.3 is 15.8 Å². The lowest BCUT2D eigenvalue weighted by molar-refractivity contribution is -0.146. The molecule has 0 aliphatic rings. The average molecular weight is 307 g/mol. The van der Waals surface area contributed by atoms with Gasteiger partial charge in [0.1, 0.15) is 0 Å². The third-order valence-corrected chi connectivity index (χ3v) is 2.75. The molecule has 3 N–H and O–H groups in total. The van der Waals surface area contributed by atoms with Gasteiger partial charge in [-0.3, -0.25) is 19.3 Å². The highest BCUT2D eigenvalue weighted by Gasteiger charge is 2.21. The van der Waals surface area contributed by atoms with Gasteiger partial charge in [0.15, 0.2) is 0 Å². The van der Waals surface area contributed by atoms with Crippen molar-refractivity contribution in [1.82, 2.24) is 4.90 Å². The Labute approximate surface area is 127 Å². The number of esters is 1. The topological polar surface area (TPSA) is 119 Å². The van der Waals surface area contributed by atoms with Crippen LogP contribution in [0.4, 0.5) is 5.69 Å². The zero-order chi connectivity index (χ0) is 16.5. The van der Waals surface area contributed by atoms with E-state index in [2.05, 4.69) is 10.1 Å². The molecule has 1 rings (SSSR count). The van der Waals surface area contributed by atoms with Crippen LogP contribution in [0.15, 0.2) is 24.3 Å². The van der Waals surface area contributed by atoms with Crippen molar-refractivity contribution in [1.29, 1.82) is 0 Å². The number of benzene rings is 1. The minimum atomic E-state index is -0.972. The SMILES string of the molecule is COC(=O)c1ccc(NC(=O)C(=O)N(C=O)CCCN)cc1. The third kappa shape index (κ3) is 4.67. The van der Waals surface area contributed by atoms with Crippen molar-refractivity contribution in [2.75, 3.05) is 25.5 Å². The Bertz CT molecular complexity index is 556. The molecule has 0 aromatic heterocycles. The van der Waals surface area contributed by atoms with E-state index in [9.17, 15) is 19.2 Å². The Kier molecular flexibility index (Phi) is 6.71. The summed E-state index contributed by atoms with van der Waals surface area (Å²) in [5.41, 5.74) is 5.91. The lowest BCUT2D eigenvalue weighted by Crippen LogP contribution is -2.39. The smallest absolute Gasteiger partial charge is 0.337 e. The molecule has 0 radical (unpaired) electrons. The van der Waals surface area contributed by atoms with E-state index in [1.807, 2.05) is 0 Å². The van der Waals surface area contributed by atoms with Gasteiger partial charge in [-0.05, 0) is 37.2 Å². The van der Waals surface area contributed by atoms with E-state index in [-0.39, 0.29) is 13.0 Å². The number of carbonyl (C=O) groups excluding carboxylic acids is 4. The summed E-state index contributed by atoms with van der Waals surface area (Å²) < 4.78 is 4.54. The lowest BCUT2D eigenvalue weighted by atomic mass is 10.2. The zero-order valence-electron chi connectivity index (χ0n) is 12.1. The predicted molar refractivity (Wildman–Crippen MR) is 77.9 cm³/mol. The number of anilines is 1. The molecule has 0 heterocycles. The fourth-order valence-electron chi connectivity index (χ4n) is 1.59. The number of methoxy groups -OCH3 is 1. The Morgan fingerprint density at radius 3 is 2.41 bits per heavy atom. The van der Waals surface area contributed by atoms with Gasteiger partial charge in [-0.15, -0.1) is 0 Å². The third-order valence-electron chi connectivity index (χ3n) is 2.75. The molecule has 1 aromatic rings. The highest BCUT2D eigenvalue weighted by molar-refractivity contribution is 6.41. The highest BCUT2D eigenvalue weighted by Crippen LogP contribution is 2.10. The van der Waals surface area contributed by atoms with Crippen LogP contribution < -0.4 is 11.1 Å². The number of nitrogens with two attached hydrogens (primary N) is 1. The molecule has 3 amide bonds. The number of amides is 3. The lowest BCUT2D eigenvalue weighted by Gasteiger charge is -2.14. The van der Waals surface area contributed by atoms with Crippen LogP contribution in [-0.2, 0) is 19.1 Å². The van der Waals surface area contributed by atoms with Crippen molar-refractivity contribution >= 4 is 29.9 Å². The van der Waals surface area contributed by atoms with Gasteiger partial charge in [0.2, 0.25) is 6.41 Å². The summed E-state index contributed by atoms with van der Waals surface area (Å²) in [7, 11) is 1.26. The van der Waals surface area contributed by atoms with E-state index < -0.39 is 17.8 Å². The molecule has 0 saturated carbocycles. The summed E-state index contributed by atoms with van der Waals surface area (Å²) in [5, 5.41) is 2.34. The zero-order valence-corrected chi connectivity index (χ0v) is 12.1. The Morgan fingerprint density at radius 1 is 1.27 bits per heavy atom. The van der Waals surface area contributed by atoms with E-state index in [0.29, 0.717) is 24.2 Å². The van der Waals surface area contributed by atoms with Crippen LogP contribution in [0.25, 0.3) is 0 Å². The van der Waals surface area contributed by atoms with E-state index >= 15 is 0 Å². The number of carbonyl (C=O) groups is 4. The van der Waals surface area contributed by atoms with Gasteiger partial charge in [0, 0.05) is 12.2 Å². The van der Waals surface area contributed by atoms with Crippen molar-refractivity contribution in [3.8, 4) is 0 Å². The first-order valence-electron chi connectivity index (χ1n) is 6.49. The summed E-state index contributed by atoms with van der Waals surface area (Å²) in [6, 6.07) is 5.78. The normalized spacial score (nSPS) is 9.73. The van der Waals surface area contributed by atoms with Crippen molar-refractivity contribution < 1.29 is 23.9 Å². The largest absolute Gasteiger partial charge is 0.465 e. The van der Waals surface area contributed by atoms with Gasteiger partial charge >= 0.3 is 17.8 Å². The number of imide groups is 1. The summed E-state index contributed by atoms with van der Waals surface area (Å²) in [6.07, 6.45) is 0.698. The second kappa shape index (κ2) is 8.53. The van der Waals surface area contributed by atoms with Crippen LogP contribution in [0.2, 0.25) is 0 Å². The summed E-state index contributed by atoms with van der Waals surface area (Å²) >= 11 is 0. The maximum Gasteiger partial charge on any atom is 0.337 e. The quantitative estimate of drug-likeness (QED) is 0.425. The first-order chi connectivity index (χ1) is 10.5. The van der Waals surface area contributed by atoms with Gasteiger partial charge in [0.25, 0.3) is 0 Å². The molecule has 0 atom stereocenters. The van der Waals surface area contributed by atoms with Crippen molar-refractivity contribution in [3.63, 3.8) is 0 Å². The molecule has 0 aliphatic heterocycles. The number of rotatable bonds is 6. The molecule has 22 heavy (non-hydrogen) atoms. The average Bonchev–Trinajstić information content (AvgIpc) is 2.55. The number of nitrogens with one attached hydrogen (secondary N) is 1. The monoisotopic (exact) mass is 307 g/mol. The van der Waals surface area contributed by atoms with Crippen LogP contribution in [0.1, 0.15) is 16.8 Å². The molecular formula is C14H17N3O5. The predicted octanol–water partition coefficient (Wildman–Crippen LogP) is -0.254. The van der Waals surface area contributed by atoms with Gasteiger partial charge in [-0.25, -0.2) is 4.79 Å². The van der Waals surface area contributed by atoms with Gasteiger partial charge in [0.05, 0.1) is 12.7 Å². The second-order valence-corrected chi connectivity index (χ2v) is 4.27. The summed E-state index contributed by atoms with van der Waals surface area (Å²) in [6.45, 7) is 0.377. The van der Waals surface area contributed by atoms with Gasteiger partial charge in [-0.2, -0.15) is 0 Å². The molecular weight excluding hydrogens is 290 g/mol. The fraction of sp³-hybridized carbons (Fsp3) is 0.286. The number of hydrogen-bond acceptors (Lipinski definition) is 6. The van der Waals surface area contributed by atoms with Crippen LogP contribution in [0.3, 0.4) is 0 Å². The Balaban J connectivity index is 2.69. The molecule has 0 fully saturated rings. The maximum atomic E-state index is 11.8. The summed E-state index contributed by atoms with van der Waals surface area (Å²) in [4.78, 5) is 46.4. The fourth-order valence-corrected chi connectivity index (χ4v) is 1.59. The minimum absolute atomic E-state index is 0.0769. The molecule has 0 saturated heterocycles. The number of hydrogen-bond donors (Lipinski definition) is 2. The molecule has 1 aromatic carbocycles. The Morgan fingerprint density at radius 2 is 1.91 bits per heavy atom. The molecule has 0 bridgehead atoms. The second-order valence-electron chi connectivity index (χ2n) is 4.27. The first-order valence-corrected chi connectivity index (χ1v) is 6.49. The molecule has 0 unspecified atom stereocenters. The van der Waals surface area contributed by atoms with Crippen molar-refractivity contribution in [2.24, 2.45) is 5.73 Å². The van der Waals surface area contributed by atoms with E-state index in [4.69, 9.17) is 5.73 Å². The molecule has 118 valence electrons. The highest BCUT2D eigenvalue weighted by atomic mass is 16.5. The van der Waals surface area contributed by atoms with Crippen LogP contribution >= 0.6 is 0 Å². The van der Waals surface area contributed by atoms with E-state index in [0.717, 1.165) is 4.90 Å². The van der Waals surface area contributed by atoms with E-state index in [1.165, 1.54) is 31.4 Å². The minimum Gasteiger partial charge on any atom is -0.465 e. The summed E-state index contributed by atoms with van der Waals surface area (Å²) in [5.74, 6) is -2.43.